The summed E-state index contributed by atoms with van der Waals surface area (Å²) >= 11 is 0. The average molecular weight is 474 g/mol. The van der Waals surface area contributed by atoms with Crippen molar-refractivity contribution in [2.75, 3.05) is 7.05 Å². The fourth-order valence-corrected chi connectivity index (χ4v) is 11.1. The highest BCUT2D eigenvalue weighted by molar-refractivity contribution is 6.00. The lowest BCUT2D eigenvalue weighted by Gasteiger charge is -2.63. The Bertz CT molecular complexity index is 1120. The van der Waals surface area contributed by atoms with Gasteiger partial charge in [0.2, 0.25) is 0 Å². The molecule has 188 valence electrons. The summed E-state index contributed by atoms with van der Waals surface area (Å²) in [4.78, 5) is 28.6. The van der Waals surface area contributed by atoms with Crippen LogP contribution < -0.4 is 0 Å². The molecule has 0 N–H and O–H groups in total. The number of carbonyl (C=O) groups is 2. The van der Waals surface area contributed by atoms with Crippen molar-refractivity contribution in [3.63, 3.8) is 0 Å². The predicted octanol–water partition coefficient (Wildman–Crippen LogP) is 7.08. The SMILES string of the molecule is C/C=C1\C(=O)C[C@@]2(C)[C@@H]3CC[C@H]4C(C)(C)[C@@H](N(C)C(=O)c5ccccc5)CC[C@@]45C[C@@]35CC[C@]12C. The van der Waals surface area contributed by atoms with Crippen LogP contribution in [-0.4, -0.2) is 29.7 Å². The third-order valence-corrected chi connectivity index (χ3v) is 12.8. The van der Waals surface area contributed by atoms with Gasteiger partial charge in [0.15, 0.2) is 5.78 Å². The van der Waals surface area contributed by atoms with Gasteiger partial charge in [0.05, 0.1) is 0 Å². The van der Waals surface area contributed by atoms with Gasteiger partial charge in [0.25, 0.3) is 5.91 Å². The van der Waals surface area contributed by atoms with Gasteiger partial charge < -0.3 is 4.90 Å². The third-order valence-electron chi connectivity index (χ3n) is 12.8. The largest absolute Gasteiger partial charge is 0.338 e. The number of nitrogens with zero attached hydrogens (tertiary/aromatic N) is 1. The standard InChI is InChI=1S/C32H43NO2/c1-7-22-23(34)19-30(5)25-14-13-24-28(2,3)26(33(6)27(35)21-11-9-8-10-12-21)15-16-31(24)20-32(25,31)18-17-29(22,30)4/h7-12,24-26H,13-20H2,1-6H3/b22-7+/t24-,25-,26-,29+,30-,31+,32-/m0/s1. The minimum Gasteiger partial charge on any atom is -0.338 e. The molecule has 3 nitrogen and oxygen atoms in total. The number of amides is 1. The van der Waals surface area contributed by atoms with E-state index in [9.17, 15) is 9.59 Å². The van der Waals surface area contributed by atoms with Crippen LogP contribution in [0.25, 0.3) is 0 Å². The van der Waals surface area contributed by atoms with E-state index in [2.05, 4.69) is 45.6 Å². The van der Waals surface area contributed by atoms with Gasteiger partial charge >= 0.3 is 0 Å². The fourth-order valence-electron chi connectivity index (χ4n) is 11.1. The molecule has 6 rings (SSSR count). The number of Topliss-reactive ketones (excluding diaryl/α,β-unsaturated/α-hetero) is 1. The van der Waals surface area contributed by atoms with E-state index in [-0.39, 0.29) is 28.2 Å². The molecule has 2 spiro atoms. The number of carbonyl (C=O) groups excluding carboxylic acids is 2. The molecule has 5 saturated carbocycles. The molecule has 0 heterocycles. The second kappa shape index (κ2) is 7.11. The molecule has 5 aliphatic carbocycles. The number of benzene rings is 1. The average Bonchev–Trinajstić information content (AvgIpc) is 3.44. The van der Waals surface area contributed by atoms with Crippen molar-refractivity contribution in [3.8, 4) is 0 Å². The van der Waals surface area contributed by atoms with Crippen LogP contribution in [-0.2, 0) is 4.79 Å². The highest BCUT2D eigenvalue weighted by Crippen LogP contribution is 2.88. The van der Waals surface area contributed by atoms with E-state index < -0.39 is 0 Å². The maximum Gasteiger partial charge on any atom is 0.253 e. The molecular formula is C32H43NO2. The number of rotatable bonds is 2. The number of hydrogen-bond donors (Lipinski definition) is 0. The smallest absolute Gasteiger partial charge is 0.253 e. The topological polar surface area (TPSA) is 37.4 Å². The zero-order chi connectivity index (χ0) is 25.0. The first-order chi connectivity index (χ1) is 16.5. The molecule has 0 aromatic heterocycles. The summed E-state index contributed by atoms with van der Waals surface area (Å²) in [5.41, 5.74) is 2.98. The minimum atomic E-state index is 0.0421. The number of fused-ring (bicyclic) bond motifs is 2. The van der Waals surface area contributed by atoms with E-state index in [4.69, 9.17) is 0 Å². The molecule has 5 fully saturated rings. The van der Waals surface area contributed by atoms with E-state index in [1.165, 1.54) is 32.1 Å². The van der Waals surface area contributed by atoms with Crippen LogP contribution in [0.2, 0.25) is 0 Å². The van der Waals surface area contributed by atoms with Gasteiger partial charge in [-0.2, -0.15) is 0 Å². The quantitative estimate of drug-likeness (QED) is 0.431. The van der Waals surface area contributed by atoms with Crippen molar-refractivity contribution in [1.29, 1.82) is 0 Å². The first-order valence-electron chi connectivity index (χ1n) is 14.0. The van der Waals surface area contributed by atoms with Crippen LogP contribution in [0.4, 0.5) is 0 Å². The first kappa shape index (κ1) is 23.5. The van der Waals surface area contributed by atoms with Gasteiger partial charge in [-0.3, -0.25) is 9.59 Å². The third kappa shape index (κ3) is 2.63. The summed E-state index contributed by atoms with van der Waals surface area (Å²) in [6, 6.07) is 10.1. The van der Waals surface area contributed by atoms with Crippen LogP contribution >= 0.6 is 0 Å². The van der Waals surface area contributed by atoms with Crippen molar-refractivity contribution >= 4 is 11.7 Å². The van der Waals surface area contributed by atoms with Crippen molar-refractivity contribution in [2.24, 2.45) is 38.9 Å². The first-order valence-corrected chi connectivity index (χ1v) is 14.0. The summed E-state index contributed by atoms with van der Waals surface area (Å²) in [5.74, 6) is 1.88. The second-order valence-corrected chi connectivity index (χ2v) is 13.9. The zero-order valence-corrected chi connectivity index (χ0v) is 22.6. The van der Waals surface area contributed by atoms with Gasteiger partial charge in [0.1, 0.15) is 0 Å². The molecule has 0 saturated heterocycles. The Morgan fingerprint density at radius 2 is 1.60 bits per heavy atom. The molecule has 5 aliphatic rings. The Morgan fingerprint density at radius 3 is 2.29 bits per heavy atom. The summed E-state index contributed by atoms with van der Waals surface area (Å²) in [6.07, 6.45) is 11.5. The molecule has 3 heteroatoms. The normalized spacial score (nSPS) is 46.3. The molecule has 0 bridgehead atoms. The van der Waals surface area contributed by atoms with Gasteiger partial charge in [0, 0.05) is 30.5 Å². The van der Waals surface area contributed by atoms with E-state index in [0.29, 0.717) is 28.4 Å². The number of allylic oxidation sites excluding steroid dienone is 2. The second-order valence-electron chi connectivity index (χ2n) is 13.9. The molecule has 1 amide bonds. The van der Waals surface area contributed by atoms with Gasteiger partial charge in [-0.25, -0.2) is 0 Å². The Morgan fingerprint density at radius 1 is 0.943 bits per heavy atom. The van der Waals surface area contributed by atoms with Crippen molar-refractivity contribution in [2.45, 2.75) is 92.0 Å². The highest BCUT2D eigenvalue weighted by Gasteiger charge is 2.82. The van der Waals surface area contributed by atoms with Crippen LogP contribution in [0.5, 0.6) is 0 Å². The Labute approximate surface area is 211 Å². The van der Waals surface area contributed by atoms with Crippen molar-refractivity contribution < 1.29 is 9.59 Å². The molecule has 35 heavy (non-hydrogen) atoms. The lowest BCUT2D eigenvalue weighted by Crippen LogP contribution is -2.59. The lowest BCUT2D eigenvalue weighted by atomic mass is 9.42. The monoisotopic (exact) mass is 473 g/mol. The van der Waals surface area contributed by atoms with E-state index in [0.717, 1.165) is 30.4 Å². The molecule has 0 radical (unpaired) electrons. The number of ketones is 1. The summed E-state index contributed by atoms with van der Waals surface area (Å²) in [5, 5.41) is 0. The zero-order valence-electron chi connectivity index (χ0n) is 22.6. The van der Waals surface area contributed by atoms with Crippen LogP contribution in [0.1, 0.15) is 96.3 Å². The van der Waals surface area contributed by atoms with Gasteiger partial charge in [-0.15, -0.1) is 0 Å². The van der Waals surface area contributed by atoms with E-state index in [1.54, 1.807) is 0 Å². The molecule has 7 atom stereocenters. The molecule has 0 unspecified atom stereocenters. The molecular weight excluding hydrogens is 430 g/mol. The maximum absolute atomic E-state index is 13.4. The van der Waals surface area contributed by atoms with Crippen LogP contribution in [0.15, 0.2) is 42.0 Å². The fraction of sp³-hybridized carbons (Fsp3) is 0.688. The van der Waals surface area contributed by atoms with Gasteiger partial charge in [-0.1, -0.05) is 52.0 Å². The molecule has 1 aromatic rings. The Kier molecular flexibility index (Phi) is 4.77. The maximum atomic E-state index is 13.4. The predicted molar refractivity (Wildman–Crippen MR) is 140 cm³/mol. The summed E-state index contributed by atoms with van der Waals surface area (Å²) in [6.45, 7) is 11.9. The van der Waals surface area contributed by atoms with Crippen molar-refractivity contribution in [3.05, 3.63) is 47.5 Å². The van der Waals surface area contributed by atoms with Crippen molar-refractivity contribution in [1.82, 2.24) is 4.90 Å². The van der Waals surface area contributed by atoms with Gasteiger partial charge in [-0.05, 0) is 103 Å². The van der Waals surface area contributed by atoms with E-state index in [1.807, 2.05) is 37.4 Å². The molecule has 0 aliphatic heterocycles. The highest BCUT2D eigenvalue weighted by atomic mass is 16.2. The molecule has 1 aromatic carbocycles. The summed E-state index contributed by atoms with van der Waals surface area (Å²) < 4.78 is 0. The number of hydrogen-bond acceptors (Lipinski definition) is 2. The van der Waals surface area contributed by atoms with E-state index >= 15 is 0 Å². The van der Waals surface area contributed by atoms with Crippen LogP contribution in [0, 0.1) is 38.9 Å². The minimum absolute atomic E-state index is 0.0421. The van der Waals surface area contributed by atoms with Crippen LogP contribution in [0.3, 0.4) is 0 Å². The Hall–Kier alpha value is -1.90. The summed E-state index contributed by atoms with van der Waals surface area (Å²) in [7, 11) is 2.03. The Balaban J connectivity index is 1.31. The lowest BCUT2D eigenvalue weighted by molar-refractivity contribution is -0.135.